The number of carbonyl (C=O) groups is 2. The molecule has 0 heterocycles. The molecule has 0 saturated carbocycles. The van der Waals surface area contributed by atoms with Gasteiger partial charge >= 0.3 is 5.97 Å². The van der Waals surface area contributed by atoms with E-state index in [1.54, 1.807) is 20.1 Å². The molecule has 2 N–H and O–H groups in total. The Balaban J connectivity index is 2.97. The molecule has 0 aromatic heterocycles. The van der Waals surface area contributed by atoms with Gasteiger partial charge in [-0.2, -0.15) is 0 Å². The Kier molecular flexibility index (Phi) is 4.67. The first-order valence-corrected chi connectivity index (χ1v) is 5.91. The molecule has 0 aliphatic rings. The van der Waals surface area contributed by atoms with Gasteiger partial charge in [-0.05, 0) is 44.5 Å². The Morgan fingerprint density at radius 3 is 2.37 bits per heavy atom. The molecule has 0 radical (unpaired) electrons. The maximum Gasteiger partial charge on any atom is 0.335 e. The summed E-state index contributed by atoms with van der Waals surface area (Å²) in [5.41, 5.74) is 0.657. The highest BCUT2D eigenvalue weighted by atomic mass is 16.5. The van der Waals surface area contributed by atoms with Crippen LogP contribution in [0, 0.1) is 6.92 Å². The molecular formula is C14H19NO4. The maximum absolute atomic E-state index is 12.1. The Morgan fingerprint density at radius 1 is 1.26 bits per heavy atom. The highest BCUT2D eigenvalue weighted by molar-refractivity contribution is 5.98. The van der Waals surface area contributed by atoms with Crippen LogP contribution in [0.2, 0.25) is 0 Å². The van der Waals surface area contributed by atoms with Crippen molar-refractivity contribution in [2.45, 2.75) is 26.3 Å². The zero-order chi connectivity index (χ0) is 14.6. The summed E-state index contributed by atoms with van der Waals surface area (Å²) in [6.07, 6.45) is 0. The van der Waals surface area contributed by atoms with E-state index in [1.165, 1.54) is 12.1 Å². The van der Waals surface area contributed by atoms with Gasteiger partial charge in [-0.3, -0.25) is 4.79 Å². The molecule has 0 unspecified atom stereocenters. The number of amides is 1. The van der Waals surface area contributed by atoms with Crippen molar-refractivity contribution in [2.75, 3.05) is 13.7 Å². The van der Waals surface area contributed by atoms with E-state index >= 15 is 0 Å². The average Bonchev–Trinajstić information content (AvgIpc) is 2.27. The van der Waals surface area contributed by atoms with Crippen molar-refractivity contribution in [1.29, 1.82) is 0 Å². The van der Waals surface area contributed by atoms with Crippen LogP contribution in [0.15, 0.2) is 18.2 Å². The second-order valence-electron chi connectivity index (χ2n) is 5.16. The van der Waals surface area contributed by atoms with E-state index in [0.717, 1.165) is 5.56 Å². The van der Waals surface area contributed by atoms with Gasteiger partial charge in [0.1, 0.15) is 0 Å². The van der Waals surface area contributed by atoms with Gasteiger partial charge in [0.2, 0.25) is 0 Å². The monoisotopic (exact) mass is 265 g/mol. The van der Waals surface area contributed by atoms with Crippen LogP contribution < -0.4 is 5.32 Å². The molecule has 104 valence electrons. The fraction of sp³-hybridized carbons (Fsp3) is 0.429. The van der Waals surface area contributed by atoms with Crippen LogP contribution in [0.1, 0.15) is 40.1 Å². The SMILES string of the molecule is COCC(C)(C)NC(=O)c1cc(C)cc(C(=O)O)c1. The van der Waals surface area contributed by atoms with Crippen molar-refractivity contribution >= 4 is 11.9 Å². The highest BCUT2D eigenvalue weighted by Gasteiger charge is 2.21. The lowest BCUT2D eigenvalue weighted by atomic mass is 10.0. The first-order valence-electron chi connectivity index (χ1n) is 5.91. The minimum atomic E-state index is -1.05. The molecule has 0 spiro atoms. The number of ether oxygens (including phenoxy) is 1. The first kappa shape index (κ1) is 15.2. The third-order valence-corrected chi connectivity index (χ3v) is 2.54. The van der Waals surface area contributed by atoms with E-state index in [0.29, 0.717) is 12.2 Å². The second kappa shape index (κ2) is 5.84. The van der Waals surface area contributed by atoms with Gasteiger partial charge in [0.05, 0.1) is 17.7 Å². The summed E-state index contributed by atoms with van der Waals surface area (Å²) >= 11 is 0. The Labute approximate surface area is 112 Å². The van der Waals surface area contributed by atoms with E-state index in [-0.39, 0.29) is 11.5 Å². The Hall–Kier alpha value is -1.88. The Bertz CT molecular complexity index is 494. The van der Waals surface area contributed by atoms with Crippen LogP contribution in [0.4, 0.5) is 0 Å². The molecular weight excluding hydrogens is 246 g/mol. The summed E-state index contributed by atoms with van der Waals surface area (Å²) in [5, 5.41) is 11.8. The first-order chi connectivity index (χ1) is 8.75. The molecule has 0 bridgehead atoms. The number of aryl methyl sites for hydroxylation is 1. The zero-order valence-electron chi connectivity index (χ0n) is 11.6. The minimum absolute atomic E-state index is 0.106. The highest BCUT2D eigenvalue weighted by Crippen LogP contribution is 2.12. The van der Waals surface area contributed by atoms with E-state index in [1.807, 2.05) is 13.8 Å². The van der Waals surface area contributed by atoms with E-state index in [4.69, 9.17) is 9.84 Å². The molecule has 0 fully saturated rings. The molecule has 0 saturated heterocycles. The number of rotatable bonds is 5. The van der Waals surface area contributed by atoms with Crippen LogP contribution in [0.25, 0.3) is 0 Å². The number of carbonyl (C=O) groups excluding carboxylic acids is 1. The minimum Gasteiger partial charge on any atom is -0.478 e. The Morgan fingerprint density at radius 2 is 1.84 bits per heavy atom. The van der Waals surface area contributed by atoms with Crippen molar-refractivity contribution in [2.24, 2.45) is 0 Å². The molecule has 19 heavy (non-hydrogen) atoms. The van der Waals surface area contributed by atoms with Crippen LogP contribution in [0.3, 0.4) is 0 Å². The standard InChI is InChI=1S/C14H19NO4/c1-9-5-10(7-11(6-9)13(17)18)12(16)15-14(2,3)8-19-4/h5-7H,8H2,1-4H3,(H,15,16)(H,17,18). The van der Waals surface area contributed by atoms with Crippen molar-refractivity contribution in [3.8, 4) is 0 Å². The average molecular weight is 265 g/mol. The number of carboxylic acids is 1. The number of carboxylic acid groups (broad SMARTS) is 1. The van der Waals surface area contributed by atoms with Crippen LogP contribution >= 0.6 is 0 Å². The zero-order valence-corrected chi connectivity index (χ0v) is 11.6. The molecule has 1 rings (SSSR count). The fourth-order valence-electron chi connectivity index (χ4n) is 1.81. The van der Waals surface area contributed by atoms with Gasteiger partial charge < -0.3 is 15.2 Å². The molecule has 5 heteroatoms. The molecule has 1 amide bonds. The van der Waals surface area contributed by atoms with E-state index in [2.05, 4.69) is 5.32 Å². The summed E-state index contributed by atoms with van der Waals surface area (Å²) in [5.74, 6) is -1.36. The molecule has 0 aliphatic heterocycles. The molecule has 0 atom stereocenters. The lowest BCUT2D eigenvalue weighted by Gasteiger charge is -2.25. The van der Waals surface area contributed by atoms with E-state index < -0.39 is 11.5 Å². The number of aromatic carboxylic acids is 1. The van der Waals surface area contributed by atoms with Crippen LogP contribution in [-0.2, 0) is 4.74 Å². The molecule has 1 aromatic rings. The van der Waals surface area contributed by atoms with Gasteiger partial charge in [0.25, 0.3) is 5.91 Å². The molecule has 5 nitrogen and oxygen atoms in total. The normalized spacial score (nSPS) is 11.2. The van der Waals surface area contributed by atoms with Gasteiger partial charge in [-0.15, -0.1) is 0 Å². The van der Waals surface area contributed by atoms with Gasteiger partial charge in [0.15, 0.2) is 0 Å². The predicted octanol–water partition coefficient (Wildman–Crippen LogP) is 1.85. The molecule has 0 aliphatic carbocycles. The smallest absolute Gasteiger partial charge is 0.335 e. The van der Waals surface area contributed by atoms with Crippen molar-refractivity contribution in [3.05, 3.63) is 34.9 Å². The number of nitrogens with one attached hydrogen (secondary N) is 1. The van der Waals surface area contributed by atoms with Crippen molar-refractivity contribution in [3.63, 3.8) is 0 Å². The lowest BCUT2D eigenvalue weighted by Crippen LogP contribution is -2.46. The summed E-state index contributed by atoms with van der Waals surface area (Å²) in [6, 6.07) is 4.55. The topological polar surface area (TPSA) is 75.6 Å². The number of methoxy groups -OCH3 is 1. The number of benzene rings is 1. The van der Waals surface area contributed by atoms with Crippen LogP contribution in [-0.4, -0.2) is 36.2 Å². The van der Waals surface area contributed by atoms with Crippen LogP contribution in [0.5, 0.6) is 0 Å². The van der Waals surface area contributed by atoms with Crippen molar-refractivity contribution < 1.29 is 19.4 Å². The van der Waals surface area contributed by atoms with Gasteiger partial charge in [0, 0.05) is 12.7 Å². The van der Waals surface area contributed by atoms with Crippen molar-refractivity contribution in [1.82, 2.24) is 5.32 Å². The third kappa shape index (κ3) is 4.37. The predicted molar refractivity (Wildman–Crippen MR) is 71.6 cm³/mol. The number of hydrogen-bond donors (Lipinski definition) is 2. The molecule has 1 aromatic carbocycles. The van der Waals surface area contributed by atoms with Gasteiger partial charge in [-0.1, -0.05) is 0 Å². The number of hydrogen-bond acceptors (Lipinski definition) is 3. The lowest BCUT2D eigenvalue weighted by molar-refractivity contribution is 0.0696. The largest absolute Gasteiger partial charge is 0.478 e. The summed E-state index contributed by atoms with van der Waals surface area (Å²) in [6.45, 7) is 5.80. The summed E-state index contributed by atoms with van der Waals surface area (Å²) in [4.78, 5) is 23.1. The third-order valence-electron chi connectivity index (χ3n) is 2.54. The summed E-state index contributed by atoms with van der Waals surface area (Å²) in [7, 11) is 1.56. The second-order valence-corrected chi connectivity index (χ2v) is 5.16. The maximum atomic E-state index is 12.1. The fourth-order valence-corrected chi connectivity index (χ4v) is 1.81. The quantitative estimate of drug-likeness (QED) is 0.852. The summed E-state index contributed by atoms with van der Waals surface area (Å²) < 4.78 is 5.02. The van der Waals surface area contributed by atoms with E-state index in [9.17, 15) is 9.59 Å². The van der Waals surface area contributed by atoms with Gasteiger partial charge in [-0.25, -0.2) is 4.79 Å².